The highest BCUT2D eigenvalue weighted by Gasteiger charge is 2.30. The van der Waals surface area contributed by atoms with Gasteiger partial charge in [-0.3, -0.25) is 0 Å². The van der Waals surface area contributed by atoms with Crippen molar-refractivity contribution >= 4 is 33.2 Å². The molecule has 1 saturated heterocycles. The second-order valence-electron chi connectivity index (χ2n) is 4.58. The van der Waals surface area contributed by atoms with E-state index in [-0.39, 0.29) is 27.5 Å². The van der Waals surface area contributed by atoms with Crippen LogP contribution < -0.4 is 0 Å². The van der Waals surface area contributed by atoms with Crippen molar-refractivity contribution in [3.05, 3.63) is 28.2 Å². The monoisotopic (exact) mass is 323 g/mol. The minimum atomic E-state index is -3.61. The minimum Gasteiger partial charge on any atom is -0.396 e. The molecule has 1 aromatic rings. The molecular formula is C12H15Cl2NO3S. The van der Waals surface area contributed by atoms with Crippen molar-refractivity contribution in [2.45, 2.75) is 17.7 Å². The average molecular weight is 324 g/mol. The van der Waals surface area contributed by atoms with Crippen LogP contribution in [0, 0.1) is 5.92 Å². The number of piperidine rings is 1. The number of hydrogen-bond donors (Lipinski definition) is 1. The fourth-order valence-electron chi connectivity index (χ4n) is 2.15. The molecule has 106 valence electrons. The summed E-state index contributed by atoms with van der Waals surface area (Å²) in [6.45, 7) is 0.901. The second-order valence-corrected chi connectivity index (χ2v) is 7.27. The summed E-state index contributed by atoms with van der Waals surface area (Å²) >= 11 is 11.8. The van der Waals surface area contributed by atoms with Crippen molar-refractivity contribution < 1.29 is 13.5 Å². The van der Waals surface area contributed by atoms with Gasteiger partial charge < -0.3 is 5.11 Å². The van der Waals surface area contributed by atoms with E-state index in [0.29, 0.717) is 25.9 Å². The molecule has 0 radical (unpaired) electrons. The Morgan fingerprint density at radius 3 is 2.47 bits per heavy atom. The minimum absolute atomic E-state index is 0.0455. The Balaban J connectivity index is 2.26. The zero-order valence-electron chi connectivity index (χ0n) is 10.2. The molecule has 4 nitrogen and oxygen atoms in total. The quantitative estimate of drug-likeness (QED) is 0.929. The Morgan fingerprint density at radius 1 is 1.26 bits per heavy atom. The molecule has 0 unspecified atom stereocenters. The summed E-state index contributed by atoms with van der Waals surface area (Å²) in [6.07, 6.45) is 1.32. The number of halogens is 2. The van der Waals surface area contributed by atoms with Gasteiger partial charge in [-0.25, -0.2) is 8.42 Å². The zero-order chi connectivity index (χ0) is 14.0. The number of sulfonamides is 1. The molecule has 1 N–H and O–H groups in total. The number of hydrogen-bond acceptors (Lipinski definition) is 3. The van der Waals surface area contributed by atoms with Gasteiger partial charge in [0, 0.05) is 19.7 Å². The topological polar surface area (TPSA) is 57.6 Å². The average Bonchev–Trinajstić information content (AvgIpc) is 2.41. The lowest BCUT2D eigenvalue weighted by molar-refractivity contribution is 0.170. The van der Waals surface area contributed by atoms with Crippen LogP contribution in [0.3, 0.4) is 0 Å². The predicted octanol–water partition coefficient (Wildman–Crippen LogP) is 2.39. The molecule has 1 heterocycles. The van der Waals surface area contributed by atoms with Gasteiger partial charge in [-0.1, -0.05) is 29.3 Å². The van der Waals surface area contributed by atoms with Crippen LogP contribution in [0.25, 0.3) is 0 Å². The summed E-state index contributed by atoms with van der Waals surface area (Å²) in [5, 5.41) is 9.36. The number of nitrogens with zero attached hydrogens (tertiary/aromatic N) is 1. The maximum Gasteiger partial charge on any atom is 0.244 e. The van der Waals surface area contributed by atoms with Crippen LogP contribution in [-0.2, 0) is 10.0 Å². The molecule has 2 rings (SSSR count). The molecule has 19 heavy (non-hydrogen) atoms. The molecular weight excluding hydrogens is 309 g/mol. The number of aliphatic hydroxyl groups excluding tert-OH is 1. The van der Waals surface area contributed by atoms with Gasteiger partial charge in [0.2, 0.25) is 10.0 Å². The van der Waals surface area contributed by atoms with Crippen molar-refractivity contribution in [3.8, 4) is 0 Å². The molecule has 0 spiro atoms. The summed E-state index contributed by atoms with van der Waals surface area (Å²) in [5.41, 5.74) is 0. The predicted molar refractivity (Wildman–Crippen MR) is 75.0 cm³/mol. The van der Waals surface area contributed by atoms with Crippen molar-refractivity contribution in [2.75, 3.05) is 19.7 Å². The molecule has 1 fully saturated rings. The fourth-order valence-corrected chi connectivity index (χ4v) is 4.36. The van der Waals surface area contributed by atoms with Gasteiger partial charge in [0.15, 0.2) is 0 Å². The summed E-state index contributed by atoms with van der Waals surface area (Å²) in [5.74, 6) is 0.182. The number of aliphatic hydroxyl groups is 1. The van der Waals surface area contributed by atoms with Gasteiger partial charge in [0.05, 0.1) is 10.0 Å². The zero-order valence-corrected chi connectivity index (χ0v) is 12.5. The van der Waals surface area contributed by atoms with Crippen LogP contribution in [0.2, 0.25) is 10.0 Å². The third-order valence-corrected chi connectivity index (χ3v) is 6.24. The van der Waals surface area contributed by atoms with Crippen molar-refractivity contribution in [3.63, 3.8) is 0 Å². The fraction of sp³-hybridized carbons (Fsp3) is 0.500. The van der Waals surface area contributed by atoms with Gasteiger partial charge in [0.25, 0.3) is 0 Å². The summed E-state index contributed by atoms with van der Waals surface area (Å²) in [4.78, 5) is 0.0455. The first-order valence-corrected chi connectivity index (χ1v) is 8.21. The Hall–Kier alpha value is -0.330. The molecule has 1 aromatic carbocycles. The smallest absolute Gasteiger partial charge is 0.244 e. The molecule has 0 bridgehead atoms. The molecule has 0 atom stereocenters. The van der Waals surface area contributed by atoms with Gasteiger partial charge in [0.1, 0.15) is 4.90 Å². The second kappa shape index (κ2) is 5.97. The largest absolute Gasteiger partial charge is 0.396 e. The first-order chi connectivity index (χ1) is 8.96. The Labute approximate surface area is 123 Å². The lowest BCUT2D eigenvalue weighted by Gasteiger charge is -2.30. The van der Waals surface area contributed by atoms with Crippen molar-refractivity contribution in [1.29, 1.82) is 0 Å². The third-order valence-electron chi connectivity index (χ3n) is 3.37. The molecule has 7 heteroatoms. The highest BCUT2D eigenvalue weighted by Crippen LogP contribution is 2.32. The van der Waals surface area contributed by atoms with Crippen LogP contribution >= 0.6 is 23.2 Å². The SMILES string of the molecule is O=S(=O)(c1cccc(Cl)c1Cl)N1CCC(CO)CC1. The molecule has 0 saturated carbocycles. The highest BCUT2D eigenvalue weighted by atomic mass is 35.5. The van der Waals surface area contributed by atoms with Crippen LogP contribution in [0.1, 0.15) is 12.8 Å². The van der Waals surface area contributed by atoms with Gasteiger partial charge in [-0.15, -0.1) is 0 Å². The molecule has 1 aliphatic rings. The van der Waals surface area contributed by atoms with Crippen molar-refractivity contribution in [2.24, 2.45) is 5.92 Å². The normalized spacial score (nSPS) is 18.7. The lowest BCUT2D eigenvalue weighted by atomic mass is 10.00. The third kappa shape index (κ3) is 3.06. The Bertz CT molecular complexity index is 554. The van der Waals surface area contributed by atoms with Gasteiger partial charge in [-0.2, -0.15) is 4.31 Å². The first-order valence-electron chi connectivity index (χ1n) is 6.02. The van der Waals surface area contributed by atoms with E-state index in [1.807, 2.05) is 0 Å². The standard InChI is InChI=1S/C12H15Cl2NO3S/c13-10-2-1-3-11(12(10)14)19(17,18)15-6-4-9(8-16)5-7-15/h1-3,9,16H,4-8H2. The molecule has 0 aromatic heterocycles. The van der Waals surface area contributed by atoms with Crippen molar-refractivity contribution in [1.82, 2.24) is 4.31 Å². The van der Waals surface area contributed by atoms with E-state index in [0.717, 1.165) is 0 Å². The van der Waals surface area contributed by atoms with Crippen LogP contribution in [0.5, 0.6) is 0 Å². The van der Waals surface area contributed by atoms with Gasteiger partial charge >= 0.3 is 0 Å². The maximum atomic E-state index is 12.5. The highest BCUT2D eigenvalue weighted by molar-refractivity contribution is 7.89. The number of benzene rings is 1. The molecule has 1 aliphatic heterocycles. The van der Waals surface area contributed by atoms with E-state index in [9.17, 15) is 8.42 Å². The summed E-state index contributed by atoms with van der Waals surface area (Å²) < 4.78 is 26.4. The van der Waals surface area contributed by atoms with E-state index in [4.69, 9.17) is 28.3 Å². The van der Waals surface area contributed by atoms with E-state index in [1.54, 1.807) is 12.1 Å². The lowest BCUT2D eigenvalue weighted by Crippen LogP contribution is -2.39. The maximum absolute atomic E-state index is 12.5. The Morgan fingerprint density at radius 2 is 1.89 bits per heavy atom. The van der Waals surface area contributed by atoms with Gasteiger partial charge in [-0.05, 0) is 30.9 Å². The number of rotatable bonds is 3. The van der Waals surface area contributed by atoms with E-state index >= 15 is 0 Å². The van der Waals surface area contributed by atoms with Crippen LogP contribution in [-0.4, -0.2) is 37.5 Å². The Kier molecular flexibility index (Phi) is 4.74. The summed E-state index contributed by atoms with van der Waals surface area (Å²) in [7, 11) is -3.61. The molecule has 0 amide bonds. The molecule has 0 aliphatic carbocycles. The van der Waals surface area contributed by atoms with E-state index in [1.165, 1.54) is 10.4 Å². The van der Waals surface area contributed by atoms with E-state index in [2.05, 4.69) is 0 Å². The first kappa shape index (κ1) is 15.1. The van der Waals surface area contributed by atoms with E-state index < -0.39 is 10.0 Å². The van der Waals surface area contributed by atoms with Crippen LogP contribution in [0.4, 0.5) is 0 Å². The summed E-state index contributed by atoms with van der Waals surface area (Å²) in [6, 6.07) is 4.59. The van der Waals surface area contributed by atoms with Crippen LogP contribution in [0.15, 0.2) is 23.1 Å².